The van der Waals surface area contributed by atoms with Crippen LogP contribution in [0, 0.1) is 12.3 Å². The number of nitrogens with one attached hydrogen (secondary N) is 1. The monoisotopic (exact) mass is 361 g/mol. The summed E-state index contributed by atoms with van der Waals surface area (Å²) in [6, 6.07) is 4.68. The van der Waals surface area contributed by atoms with Crippen molar-refractivity contribution < 1.29 is 23.8 Å². The first-order chi connectivity index (χ1) is 12.2. The molecule has 0 radical (unpaired) electrons. The van der Waals surface area contributed by atoms with E-state index in [0.717, 1.165) is 17.5 Å². The lowest BCUT2D eigenvalue weighted by molar-refractivity contribution is -0.143. The van der Waals surface area contributed by atoms with E-state index in [1.54, 1.807) is 26.8 Å². The van der Waals surface area contributed by atoms with Crippen LogP contribution in [0.1, 0.15) is 38.8 Å². The number of esters is 1. The topological polar surface area (TPSA) is 73.9 Å². The molecule has 0 aromatic heterocycles. The largest absolute Gasteiger partial charge is 0.481 e. The number of ether oxygens (including phenoxy) is 3. The van der Waals surface area contributed by atoms with Crippen LogP contribution in [-0.2, 0) is 27.1 Å². The van der Waals surface area contributed by atoms with Crippen molar-refractivity contribution in [2.75, 3.05) is 13.7 Å². The number of hydrogen-bond acceptors (Lipinski definition) is 5. The molecule has 142 valence electrons. The second-order valence-corrected chi connectivity index (χ2v) is 6.70. The van der Waals surface area contributed by atoms with Gasteiger partial charge >= 0.3 is 12.1 Å². The van der Waals surface area contributed by atoms with Gasteiger partial charge in [-0.05, 0) is 50.5 Å². The van der Waals surface area contributed by atoms with Crippen molar-refractivity contribution in [2.24, 2.45) is 0 Å². The molecule has 1 rings (SSSR count). The molecule has 1 amide bonds. The first-order valence-electron chi connectivity index (χ1n) is 8.45. The third kappa shape index (κ3) is 7.06. The molecule has 1 aromatic carbocycles. The molecular formula is C20H27NO5. The van der Waals surface area contributed by atoms with Gasteiger partial charge in [-0.15, -0.1) is 6.42 Å². The summed E-state index contributed by atoms with van der Waals surface area (Å²) in [6.45, 7) is 7.45. The van der Waals surface area contributed by atoms with Crippen LogP contribution in [0.5, 0.6) is 5.75 Å². The highest BCUT2D eigenvalue weighted by atomic mass is 16.6. The highest BCUT2D eigenvalue weighted by molar-refractivity contribution is 5.81. The lowest BCUT2D eigenvalue weighted by Crippen LogP contribution is -2.45. The molecule has 0 bridgehead atoms. The highest BCUT2D eigenvalue weighted by Crippen LogP contribution is 2.20. The Morgan fingerprint density at radius 3 is 2.50 bits per heavy atom. The quantitative estimate of drug-likeness (QED) is 0.597. The van der Waals surface area contributed by atoms with E-state index in [9.17, 15) is 9.59 Å². The maximum atomic E-state index is 12.1. The van der Waals surface area contributed by atoms with Gasteiger partial charge in [0, 0.05) is 6.42 Å². The molecule has 0 spiro atoms. The van der Waals surface area contributed by atoms with Crippen molar-refractivity contribution in [1.82, 2.24) is 5.32 Å². The molecule has 0 heterocycles. The van der Waals surface area contributed by atoms with E-state index >= 15 is 0 Å². The van der Waals surface area contributed by atoms with Gasteiger partial charge in [-0.1, -0.05) is 18.9 Å². The maximum Gasteiger partial charge on any atom is 0.408 e. The van der Waals surface area contributed by atoms with E-state index in [1.165, 1.54) is 7.11 Å². The van der Waals surface area contributed by atoms with Crippen LogP contribution in [-0.4, -0.2) is 37.4 Å². The zero-order valence-electron chi connectivity index (χ0n) is 16.0. The Labute approximate surface area is 155 Å². The van der Waals surface area contributed by atoms with E-state index in [0.29, 0.717) is 5.75 Å². The number of hydrogen-bond donors (Lipinski definition) is 1. The predicted octanol–water partition coefficient (Wildman–Crippen LogP) is 2.87. The van der Waals surface area contributed by atoms with E-state index in [4.69, 9.17) is 20.6 Å². The van der Waals surface area contributed by atoms with Crippen LogP contribution in [0.4, 0.5) is 4.79 Å². The zero-order chi connectivity index (χ0) is 19.7. The Balaban J connectivity index is 2.95. The SMILES string of the molecule is C#CCOc1ccc(C[C@H](NC(=O)OC(C)(C)C)C(=O)OC)c(CC)c1. The summed E-state index contributed by atoms with van der Waals surface area (Å²) in [4.78, 5) is 24.1. The lowest BCUT2D eigenvalue weighted by Gasteiger charge is -2.23. The summed E-state index contributed by atoms with van der Waals surface area (Å²) in [6.07, 6.45) is 5.56. The number of amides is 1. The molecule has 6 heteroatoms. The van der Waals surface area contributed by atoms with E-state index in [2.05, 4.69) is 11.2 Å². The van der Waals surface area contributed by atoms with Gasteiger partial charge in [0.25, 0.3) is 0 Å². The fourth-order valence-corrected chi connectivity index (χ4v) is 2.35. The van der Waals surface area contributed by atoms with Crippen molar-refractivity contribution in [3.63, 3.8) is 0 Å². The Hall–Kier alpha value is -2.68. The van der Waals surface area contributed by atoms with Crippen LogP contribution in [0.2, 0.25) is 0 Å². The molecule has 0 saturated heterocycles. The number of carbonyl (C=O) groups is 2. The molecule has 1 N–H and O–H groups in total. The molecule has 6 nitrogen and oxygen atoms in total. The minimum Gasteiger partial charge on any atom is -0.481 e. The van der Waals surface area contributed by atoms with Crippen molar-refractivity contribution in [3.8, 4) is 18.1 Å². The first kappa shape index (κ1) is 21.4. The van der Waals surface area contributed by atoms with Crippen LogP contribution < -0.4 is 10.1 Å². The average molecular weight is 361 g/mol. The van der Waals surface area contributed by atoms with Gasteiger partial charge in [0.2, 0.25) is 0 Å². The smallest absolute Gasteiger partial charge is 0.408 e. The van der Waals surface area contributed by atoms with Gasteiger partial charge < -0.3 is 19.5 Å². The standard InChI is InChI=1S/C20H27NO5/c1-7-11-25-16-10-9-15(14(8-2)12-16)13-17(18(22)24-6)21-19(23)26-20(3,4)5/h1,9-10,12,17H,8,11,13H2,2-6H3,(H,21,23)/t17-/m0/s1. The third-order valence-electron chi connectivity index (χ3n) is 3.48. The molecule has 0 aliphatic heterocycles. The van der Waals surface area contributed by atoms with Gasteiger partial charge in [0.05, 0.1) is 7.11 Å². The summed E-state index contributed by atoms with van der Waals surface area (Å²) in [5.41, 5.74) is 1.25. The van der Waals surface area contributed by atoms with Crippen LogP contribution in [0.15, 0.2) is 18.2 Å². The lowest BCUT2D eigenvalue weighted by atomic mass is 9.98. The number of terminal acetylenes is 1. The average Bonchev–Trinajstić information content (AvgIpc) is 2.57. The summed E-state index contributed by atoms with van der Waals surface area (Å²) in [5, 5.41) is 2.58. The maximum absolute atomic E-state index is 12.1. The number of rotatable bonds is 7. The molecule has 26 heavy (non-hydrogen) atoms. The van der Waals surface area contributed by atoms with Gasteiger partial charge in [0.1, 0.15) is 24.0 Å². The third-order valence-corrected chi connectivity index (χ3v) is 3.48. The molecule has 0 unspecified atom stereocenters. The summed E-state index contributed by atoms with van der Waals surface area (Å²) in [5.74, 6) is 2.55. The summed E-state index contributed by atoms with van der Waals surface area (Å²) >= 11 is 0. The molecule has 0 aliphatic carbocycles. The van der Waals surface area contributed by atoms with Gasteiger partial charge in [-0.2, -0.15) is 0 Å². The number of carbonyl (C=O) groups excluding carboxylic acids is 2. The first-order valence-corrected chi connectivity index (χ1v) is 8.45. The normalized spacial score (nSPS) is 11.8. The van der Waals surface area contributed by atoms with E-state index in [-0.39, 0.29) is 13.0 Å². The van der Waals surface area contributed by atoms with Crippen LogP contribution >= 0.6 is 0 Å². The number of aryl methyl sites for hydroxylation is 1. The molecule has 0 aliphatic rings. The van der Waals surface area contributed by atoms with Gasteiger partial charge in [-0.3, -0.25) is 0 Å². The van der Waals surface area contributed by atoms with E-state index < -0.39 is 23.7 Å². The second-order valence-electron chi connectivity index (χ2n) is 6.70. The minimum absolute atomic E-state index is 0.188. The van der Waals surface area contributed by atoms with Crippen molar-refractivity contribution >= 4 is 12.1 Å². The Kier molecular flexibility index (Phi) is 7.98. The molecule has 0 fully saturated rings. The number of benzene rings is 1. The fourth-order valence-electron chi connectivity index (χ4n) is 2.35. The molecule has 1 aromatic rings. The second kappa shape index (κ2) is 9.71. The molecule has 0 saturated carbocycles. The van der Waals surface area contributed by atoms with Crippen LogP contribution in [0.3, 0.4) is 0 Å². The van der Waals surface area contributed by atoms with Crippen LogP contribution in [0.25, 0.3) is 0 Å². The van der Waals surface area contributed by atoms with Crippen molar-refractivity contribution in [3.05, 3.63) is 29.3 Å². The number of methoxy groups -OCH3 is 1. The van der Waals surface area contributed by atoms with Gasteiger partial charge in [-0.25, -0.2) is 9.59 Å². The van der Waals surface area contributed by atoms with Gasteiger partial charge in [0.15, 0.2) is 0 Å². The number of alkyl carbamates (subject to hydrolysis) is 1. The van der Waals surface area contributed by atoms with E-state index in [1.807, 2.05) is 19.1 Å². The van der Waals surface area contributed by atoms with Crippen molar-refractivity contribution in [1.29, 1.82) is 0 Å². The minimum atomic E-state index is -0.849. The molecule has 1 atom stereocenters. The Bertz CT molecular complexity index is 670. The Morgan fingerprint density at radius 2 is 1.96 bits per heavy atom. The zero-order valence-corrected chi connectivity index (χ0v) is 16.0. The highest BCUT2D eigenvalue weighted by Gasteiger charge is 2.26. The Morgan fingerprint density at radius 1 is 1.27 bits per heavy atom. The molecular weight excluding hydrogens is 334 g/mol. The summed E-state index contributed by atoms with van der Waals surface area (Å²) < 4.78 is 15.5. The summed E-state index contributed by atoms with van der Waals surface area (Å²) in [7, 11) is 1.28. The predicted molar refractivity (Wildman–Crippen MR) is 99.0 cm³/mol. The fraction of sp³-hybridized carbons (Fsp3) is 0.500. The van der Waals surface area contributed by atoms with Crippen molar-refractivity contribution in [2.45, 2.75) is 52.2 Å².